The summed E-state index contributed by atoms with van der Waals surface area (Å²) >= 11 is 0. The Balaban J connectivity index is 1.50. The van der Waals surface area contributed by atoms with E-state index in [-0.39, 0.29) is 18.3 Å². The zero-order valence-corrected chi connectivity index (χ0v) is 17.3. The molecule has 0 spiro atoms. The summed E-state index contributed by atoms with van der Waals surface area (Å²) in [4.78, 5) is 38.3. The molecule has 10 nitrogen and oxygen atoms in total. The largest absolute Gasteiger partial charge is 0.462 e. The van der Waals surface area contributed by atoms with Crippen molar-refractivity contribution >= 4 is 17.6 Å². The third-order valence-corrected chi connectivity index (χ3v) is 4.71. The SMILES string of the molecule is CCOC(=O)c1cnn(-c2ccc(C(=O)Nc3cccc(-c4noc(=O)[nH]4)c3)cc2)c1C. The number of ether oxygens (including phenoxy) is 1. The molecular weight excluding hydrogens is 414 g/mol. The predicted molar refractivity (Wildman–Crippen MR) is 115 cm³/mol. The van der Waals surface area contributed by atoms with Gasteiger partial charge in [0.2, 0.25) is 0 Å². The fourth-order valence-electron chi connectivity index (χ4n) is 3.13. The monoisotopic (exact) mass is 433 g/mol. The molecular formula is C22H19N5O5. The lowest BCUT2D eigenvalue weighted by molar-refractivity contribution is 0.0525. The molecule has 4 rings (SSSR count). The first-order valence-electron chi connectivity index (χ1n) is 9.76. The van der Waals surface area contributed by atoms with E-state index in [0.29, 0.717) is 33.8 Å². The highest BCUT2D eigenvalue weighted by Crippen LogP contribution is 2.20. The van der Waals surface area contributed by atoms with E-state index < -0.39 is 11.7 Å². The molecule has 0 fully saturated rings. The van der Waals surface area contributed by atoms with Crippen molar-refractivity contribution in [1.29, 1.82) is 0 Å². The van der Waals surface area contributed by atoms with E-state index in [1.54, 1.807) is 67.1 Å². The Morgan fingerprint density at radius 1 is 1.19 bits per heavy atom. The van der Waals surface area contributed by atoms with Crippen LogP contribution in [0.25, 0.3) is 17.1 Å². The van der Waals surface area contributed by atoms with Crippen molar-refractivity contribution < 1.29 is 18.8 Å². The number of H-pyrrole nitrogens is 1. The van der Waals surface area contributed by atoms with Gasteiger partial charge in [0.1, 0.15) is 5.56 Å². The van der Waals surface area contributed by atoms with Crippen LogP contribution < -0.4 is 11.1 Å². The lowest BCUT2D eigenvalue weighted by Gasteiger charge is -2.09. The standard InChI is InChI=1S/C22H19N5O5/c1-3-31-21(29)18-12-23-27(13(18)2)17-9-7-14(8-10-17)20(28)24-16-6-4-5-15(11-16)19-25-22(30)32-26-19/h4-12H,3H2,1-2H3,(H,24,28)(H,25,26,30). The Bertz CT molecular complexity index is 1330. The molecule has 10 heteroatoms. The summed E-state index contributed by atoms with van der Waals surface area (Å²) in [6.45, 7) is 3.80. The third-order valence-electron chi connectivity index (χ3n) is 4.71. The number of hydrogen-bond acceptors (Lipinski definition) is 7. The molecule has 1 amide bonds. The van der Waals surface area contributed by atoms with Gasteiger partial charge in [-0.05, 0) is 50.2 Å². The van der Waals surface area contributed by atoms with Crippen molar-refractivity contribution in [2.24, 2.45) is 0 Å². The molecule has 0 bridgehead atoms. The van der Waals surface area contributed by atoms with Crippen molar-refractivity contribution in [3.63, 3.8) is 0 Å². The molecule has 0 saturated carbocycles. The van der Waals surface area contributed by atoms with E-state index in [2.05, 4.69) is 25.1 Å². The van der Waals surface area contributed by atoms with E-state index >= 15 is 0 Å². The summed E-state index contributed by atoms with van der Waals surface area (Å²) < 4.78 is 11.1. The maximum Gasteiger partial charge on any atom is 0.439 e. The first-order chi connectivity index (χ1) is 15.5. The lowest BCUT2D eigenvalue weighted by atomic mass is 10.1. The van der Waals surface area contributed by atoms with Crippen molar-refractivity contribution in [1.82, 2.24) is 19.9 Å². The van der Waals surface area contributed by atoms with Crippen molar-refractivity contribution in [3.05, 3.63) is 82.1 Å². The lowest BCUT2D eigenvalue weighted by Crippen LogP contribution is -2.12. The van der Waals surface area contributed by atoms with Crippen LogP contribution in [0.5, 0.6) is 0 Å². The van der Waals surface area contributed by atoms with Gasteiger partial charge in [-0.3, -0.25) is 14.3 Å². The van der Waals surface area contributed by atoms with Crippen LogP contribution in [-0.4, -0.2) is 38.4 Å². The van der Waals surface area contributed by atoms with Crippen LogP contribution in [0.2, 0.25) is 0 Å². The fourth-order valence-corrected chi connectivity index (χ4v) is 3.13. The number of aromatic nitrogens is 4. The molecule has 0 saturated heterocycles. The minimum absolute atomic E-state index is 0.271. The highest BCUT2D eigenvalue weighted by atomic mass is 16.5. The molecule has 0 aliphatic heterocycles. The molecule has 2 aromatic heterocycles. The fraction of sp³-hybridized carbons (Fsp3) is 0.136. The Hall–Kier alpha value is -4.47. The number of benzene rings is 2. The summed E-state index contributed by atoms with van der Waals surface area (Å²) in [5.74, 6) is -1.13. The van der Waals surface area contributed by atoms with Crippen LogP contribution in [0.15, 0.2) is 64.0 Å². The number of nitrogens with zero attached hydrogens (tertiary/aromatic N) is 3. The zero-order valence-electron chi connectivity index (χ0n) is 17.3. The molecule has 162 valence electrons. The number of esters is 1. The average molecular weight is 433 g/mol. The molecule has 0 aliphatic rings. The van der Waals surface area contributed by atoms with Crippen LogP contribution in [0.1, 0.15) is 33.3 Å². The summed E-state index contributed by atoms with van der Waals surface area (Å²) in [5, 5.41) is 10.7. The first-order valence-corrected chi connectivity index (χ1v) is 9.76. The summed E-state index contributed by atoms with van der Waals surface area (Å²) in [6, 6.07) is 13.6. The molecule has 0 atom stereocenters. The topological polar surface area (TPSA) is 132 Å². The quantitative estimate of drug-likeness (QED) is 0.447. The van der Waals surface area contributed by atoms with Gasteiger partial charge in [0.15, 0.2) is 5.82 Å². The van der Waals surface area contributed by atoms with Gasteiger partial charge in [0.05, 0.1) is 24.2 Å². The zero-order chi connectivity index (χ0) is 22.7. The number of amides is 1. The van der Waals surface area contributed by atoms with Gasteiger partial charge in [-0.2, -0.15) is 5.10 Å². The number of rotatable bonds is 6. The first kappa shape index (κ1) is 20.8. The Kier molecular flexibility index (Phi) is 5.67. The van der Waals surface area contributed by atoms with Gasteiger partial charge in [-0.15, -0.1) is 0 Å². The van der Waals surface area contributed by atoms with Crippen LogP contribution >= 0.6 is 0 Å². The normalized spacial score (nSPS) is 10.7. The van der Waals surface area contributed by atoms with E-state index in [9.17, 15) is 14.4 Å². The summed E-state index contributed by atoms with van der Waals surface area (Å²) in [5.41, 5.74) is 3.29. The van der Waals surface area contributed by atoms with Gasteiger partial charge in [0.25, 0.3) is 5.91 Å². The molecule has 0 aliphatic carbocycles. The van der Waals surface area contributed by atoms with Crippen molar-refractivity contribution in [2.75, 3.05) is 11.9 Å². The Labute approximate surface area is 181 Å². The minimum atomic E-state index is -0.656. The number of nitrogens with one attached hydrogen (secondary N) is 2. The molecule has 2 N–H and O–H groups in total. The highest BCUT2D eigenvalue weighted by molar-refractivity contribution is 6.04. The van der Waals surface area contributed by atoms with Gasteiger partial charge in [0, 0.05) is 16.8 Å². The Morgan fingerprint density at radius 3 is 2.66 bits per heavy atom. The molecule has 4 aromatic rings. The second-order valence-electron chi connectivity index (χ2n) is 6.80. The average Bonchev–Trinajstić information content (AvgIpc) is 3.40. The van der Waals surface area contributed by atoms with Crippen molar-refractivity contribution in [3.8, 4) is 17.1 Å². The second-order valence-corrected chi connectivity index (χ2v) is 6.80. The molecule has 0 unspecified atom stereocenters. The van der Waals surface area contributed by atoms with Crippen LogP contribution in [0, 0.1) is 6.92 Å². The third kappa shape index (κ3) is 4.19. The number of aromatic amines is 1. The van der Waals surface area contributed by atoms with Crippen LogP contribution in [-0.2, 0) is 4.74 Å². The van der Waals surface area contributed by atoms with Crippen LogP contribution in [0.3, 0.4) is 0 Å². The number of carbonyl (C=O) groups excluding carboxylic acids is 2. The summed E-state index contributed by atoms with van der Waals surface area (Å²) in [7, 11) is 0. The van der Waals surface area contributed by atoms with Gasteiger partial charge in [-0.1, -0.05) is 17.3 Å². The second kappa shape index (κ2) is 8.72. The van der Waals surface area contributed by atoms with Crippen molar-refractivity contribution in [2.45, 2.75) is 13.8 Å². The summed E-state index contributed by atoms with van der Waals surface area (Å²) in [6.07, 6.45) is 1.46. The minimum Gasteiger partial charge on any atom is -0.462 e. The highest BCUT2D eigenvalue weighted by Gasteiger charge is 2.16. The molecule has 2 aromatic carbocycles. The van der Waals surface area contributed by atoms with Gasteiger partial charge >= 0.3 is 11.7 Å². The van der Waals surface area contributed by atoms with E-state index in [1.807, 2.05) is 0 Å². The Morgan fingerprint density at radius 2 is 1.97 bits per heavy atom. The number of anilines is 1. The molecule has 32 heavy (non-hydrogen) atoms. The van der Waals surface area contributed by atoms with E-state index in [0.717, 1.165) is 0 Å². The molecule has 0 radical (unpaired) electrons. The van der Waals surface area contributed by atoms with E-state index in [1.165, 1.54) is 6.20 Å². The number of carbonyl (C=O) groups is 2. The smallest absolute Gasteiger partial charge is 0.439 e. The maximum atomic E-state index is 12.7. The van der Waals surface area contributed by atoms with Crippen LogP contribution in [0.4, 0.5) is 5.69 Å². The van der Waals surface area contributed by atoms with Gasteiger partial charge < -0.3 is 10.1 Å². The van der Waals surface area contributed by atoms with Gasteiger partial charge in [-0.25, -0.2) is 14.3 Å². The predicted octanol–water partition coefficient (Wildman–Crippen LogP) is 2.95. The van der Waals surface area contributed by atoms with E-state index in [4.69, 9.17) is 4.74 Å². The number of hydrogen-bond donors (Lipinski definition) is 2. The maximum absolute atomic E-state index is 12.7. The molecule has 2 heterocycles.